The van der Waals surface area contributed by atoms with Crippen LogP contribution in [-0.2, 0) is 0 Å². The third-order valence-corrected chi connectivity index (χ3v) is 3.90. The highest BCUT2D eigenvalue weighted by Gasteiger charge is 2.12. The van der Waals surface area contributed by atoms with Crippen molar-refractivity contribution in [1.29, 1.82) is 0 Å². The molecule has 2 N–H and O–H groups in total. The molecule has 2 aromatic rings. The Labute approximate surface area is 130 Å². The molecule has 1 amide bonds. The average molecular weight is 335 g/mol. The molecule has 0 spiro atoms. The van der Waals surface area contributed by atoms with Crippen molar-refractivity contribution >= 4 is 52.3 Å². The maximum atomic E-state index is 11.1. The normalized spacial score (nSPS) is 10.5. The second kappa shape index (κ2) is 5.59. The van der Waals surface area contributed by atoms with Crippen molar-refractivity contribution in [3.63, 3.8) is 0 Å². The van der Waals surface area contributed by atoms with Gasteiger partial charge >= 0.3 is 0 Å². The molecule has 0 unspecified atom stereocenters. The molecule has 0 aliphatic heterocycles. The van der Waals surface area contributed by atoms with E-state index < -0.39 is 5.91 Å². The molecule has 2 rings (SSSR count). The monoisotopic (exact) mass is 333 g/mol. The van der Waals surface area contributed by atoms with Crippen molar-refractivity contribution in [2.75, 3.05) is 0 Å². The van der Waals surface area contributed by atoms with Crippen LogP contribution in [0, 0.1) is 0 Å². The first-order chi connectivity index (χ1) is 8.90. The van der Waals surface area contributed by atoms with Gasteiger partial charge in [-0.15, -0.1) is 0 Å². The number of hydrogen-bond donors (Lipinski definition) is 1. The van der Waals surface area contributed by atoms with Crippen LogP contribution in [0.25, 0.3) is 11.1 Å². The van der Waals surface area contributed by atoms with Crippen LogP contribution in [-0.4, -0.2) is 5.91 Å². The van der Waals surface area contributed by atoms with E-state index in [0.717, 1.165) is 5.56 Å². The number of primary amides is 1. The van der Waals surface area contributed by atoms with Gasteiger partial charge in [0.05, 0.1) is 20.6 Å². The summed E-state index contributed by atoms with van der Waals surface area (Å²) in [7, 11) is 0. The van der Waals surface area contributed by atoms with Gasteiger partial charge in [-0.25, -0.2) is 0 Å². The van der Waals surface area contributed by atoms with E-state index in [4.69, 9.17) is 52.1 Å². The highest BCUT2D eigenvalue weighted by Crippen LogP contribution is 2.36. The van der Waals surface area contributed by atoms with Crippen LogP contribution in [0.15, 0.2) is 30.3 Å². The third-order valence-electron chi connectivity index (χ3n) is 2.56. The maximum absolute atomic E-state index is 11.1. The zero-order valence-corrected chi connectivity index (χ0v) is 12.4. The average Bonchev–Trinajstić information content (AvgIpc) is 2.33. The summed E-state index contributed by atoms with van der Waals surface area (Å²) in [5.74, 6) is -0.586. The first-order valence-corrected chi connectivity index (χ1v) is 6.65. The Morgan fingerprint density at radius 1 is 0.842 bits per heavy atom. The van der Waals surface area contributed by atoms with Gasteiger partial charge < -0.3 is 5.73 Å². The van der Waals surface area contributed by atoms with Crippen LogP contribution < -0.4 is 5.73 Å². The minimum absolute atomic E-state index is 0.251. The number of nitrogens with two attached hydrogens (primary N) is 1. The number of rotatable bonds is 2. The van der Waals surface area contributed by atoms with Gasteiger partial charge in [-0.2, -0.15) is 0 Å². The zero-order chi connectivity index (χ0) is 14.2. The van der Waals surface area contributed by atoms with Gasteiger partial charge in [0.1, 0.15) is 0 Å². The first kappa shape index (κ1) is 14.5. The van der Waals surface area contributed by atoms with E-state index in [1.165, 1.54) is 0 Å². The predicted molar refractivity (Wildman–Crippen MR) is 80.4 cm³/mol. The number of carbonyl (C=O) groups excluding carboxylic acids is 1. The molecular weight excluding hydrogens is 328 g/mol. The second-order valence-corrected chi connectivity index (χ2v) is 5.43. The van der Waals surface area contributed by atoms with Crippen molar-refractivity contribution < 1.29 is 4.79 Å². The molecule has 0 bridgehead atoms. The minimum atomic E-state index is -0.586. The Morgan fingerprint density at radius 3 is 2.05 bits per heavy atom. The Morgan fingerprint density at radius 2 is 1.47 bits per heavy atom. The van der Waals surface area contributed by atoms with E-state index in [9.17, 15) is 4.79 Å². The fraction of sp³-hybridized carbons (Fsp3) is 0. The van der Waals surface area contributed by atoms with E-state index in [1.54, 1.807) is 30.3 Å². The molecule has 0 aliphatic carbocycles. The summed E-state index contributed by atoms with van der Waals surface area (Å²) in [4.78, 5) is 11.1. The molecule has 0 radical (unpaired) electrons. The fourth-order valence-electron chi connectivity index (χ4n) is 1.63. The Hall–Kier alpha value is -0.930. The molecule has 0 heterocycles. The predicted octanol–water partition coefficient (Wildman–Crippen LogP) is 5.07. The SMILES string of the molecule is NC(=O)c1ccc(-c2cc(Cl)c(Cl)cc2Cl)cc1Cl. The van der Waals surface area contributed by atoms with Crippen molar-refractivity contribution in [2.24, 2.45) is 5.73 Å². The lowest BCUT2D eigenvalue weighted by Gasteiger charge is -2.08. The minimum Gasteiger partial charge on any atom is -0.366 e. The van der Waals surface area contributed by atoms with Crippen LogP contribution in [0.1, 0.15) is 10.4 Å². The largest absolute Gasteiger partial charge is 0.366 e. The Balaban J connectivity index is 2.57. The van der Waals surface area contributed by atoms with Crippen molar-refractivity contribution in [2.45, 2.75) is 0 Å². The van der Waals surface area contributed by atoms with Crippen LogP contribution >= 0.6 is 46.4 Å². The molecule has 2 nitrogen and oxygen atoms in total. The molecule has 6 heteroatoms. The van der Waals surface area contributed by atoms with E-state index in [0.29, 0.717) is 20.6 Å². The fourth-order valence-corrected chi connectivity index (χ4v) is 2.56. The Kier molecular flexibility index (Phi) is 4.26. The third kappa shape index (κ3) is 2.98. The molecule has 0 aliphatic rings. The van der Waals surface area contributed by atoms with E-state index in [1.807, 2.05) is 0 Å². The molecular formula is C13H7Cl4NO. The van der Waals surface area contributed by atoms with Gasteiger partial charge in [-0.1, -0.05) is 52.5 Å². The lowest BCUT2D eigenvalue weighted by molar-refractivity contribution is 0.100. The first-order valence-electron chi connectivity index (χ1n) is 5.14. The molecule has 0 aromatic heterocycles. The molecule has 19 heavy (non-hydrogen) atoms. The van der Waals surface area contributed by atoms with Crippen LogP contribution in [0.3, 0.4) is 0 Å². The van der Waals surface area contributed by atoms with Gasteiger partial charge in [0.15, 0.2) is 0 Å². The van der Waals surface area contributed by atoms with Gasteiger partial charge in [-0.3, -0.25) is 4.79 Å². The number of benzene rings is 2. The molecule has 0 saturated heterocycles. The number of amides is 1. The van der Waals surface area contributed by atoms with E-state index in [2.05, 4.69) is 0 Å². The quantitative estimate of drug-likeness (QED) is 0.766. The van der Waals surface area contributed by atoms with Crippen LogP contribution in [0.5, 0.6) is 0 Å². The number of hydrogen-bond acceptors (Lipinski definition) is 1. The summed E-state index contributed by atoms with van der Waals surface area (Å²) >= 11 is 23.9. The summed E-state index contributed by atoms with van der Waals surface area (Å²) in [5, 5.41) is 1.45. The molecule has 98 valence electrons. The van der Waals surface area contributed by atoms with E-state index >= 15 is 0 Å². The van der Waals surface area contributed by atoms with Crippen molar-refractivity contribution in [1.82, 2.24) is 0 Å². The summed E-state index contributed by atoms with van der Waals surface area (Å²) in [6.07, 6.45) is 0. The summed E-state index contributed by atoms with van der Waals surface area (Å²) < 4.78 is 0. The highest BCUT2D eigenvalue weighted by molar-refractivity contribution is 6.44. The van der Waals surface area contributed by atoms with Gasteiger partial charge in [0.2, 0.25) is 5.91 Å². The van der Waals surface area contributed by atoms with Crippen LogP contribution in [0.4, 0.5) is 0 Å². The van der Waals surface area contributed by atoms with Crippen molar-refractivity contribution in [3.8, 4) is 11.1 Å². The van der Waals surface area contributed by atoms with Crippen molar-refractivity contribution in [3.05, 3.63) is 56.0 Å². The molecule has 2 aromatic carbocycles. The smallest absolute Gasteiger partial charge is 0.250 e. The topological polar surface area (TPSA) is 43.1 Å². The molecule has 0 fully saturated rings. The van der Waals surface area contributed by atoms with Crippen LogP contribution in [0.2, 0.25) is 20.1 Å². The summed E-state index contributed by atoms with van der Waals surface area (Å²) in [5.41, 5.74) is 6.84. The Bertz CT molecular complexity index is 670. The molecule has 0 atom stereocenters. The standard InChI is InChI=1S/C13H7Cl4NO/c14-9-3-6(1-2-7(9)13(18)19)8-4-11(16)12(17)5-10(8)15/h1-5H,(H2,18,19). The number of carbonyl (C=O) groups is 1. The highest BCUT2D eigenvalue weighted by atomic mass is 35.5. The van der Waals surface area contributed by atoms with E-state index in [-0.39, 0.29) is 10.6 Å². The summed E-state index contributed by atoms with van der Waals surface area (Å²) in [6.45, 7) is 0. The summed E-state index contributed by atoms with van der Waals surface area (Å²) in [6, 6.07) is 8.03. The lowest BCUT2D eigenvalue weighted by Crippen LogP contribution is -2.11. The van der Waals surface area contributed by atoms with Gasteiger partial charge in [-0.05, 0) is 29.8 Å². The zero-order valence-electron chi connectivity index (χ0n) is 9.38. The molecule has 0 saturated carbocycles. The van der Waals surface area contributed by atoms with Gasteiger partial charge in [0, 0.05) is 10.6 Å². The second-order valence-electron chi connectivity index (χ2n) is 3.81. The number of halogens is 4. The maximum Gasteiger partial charge on any atom is 0.250 e. The lowest BCUT2D eigenvalue weighted by atomic mass is 10.0. The van der Waals surface area contributed by atoms with Gasteiger partial charge in [0.25, 0.3) is 0 Å².